The molecule has 3 aromatic rings. The van der Waals surface area contributed by atoms with Gasteiger partial charge in [0.1, 0.15) is 0 Å². The lowest BCUT2D eigenvalue weighted by Crippen LogP contribution is -2.45. The molecule has 1 amide bonds. The Morgan fingerprint density at radius 1 is 0.939 bits per heavy atom. The number of nitrogens with two attached hydrogens (primary N) is 1. The van der Waals surface area contributed by atoms with Gasteiger partial charge < -0.3 is 5.73 Å². The Balaban J connectivity index is 1.57. The maximum Gasteiger partial charge on any atom is 0.250 e. The van der Waals surface area contributed by atoms with Gasteiger partial charge in [-0.1, -0.05) is 54.6 Å². The van der Waals surface area contributed by atoms with Crippen molar-refractivity contribution in [2.75, 3.05) is 5.75 Å². The number of aryl methyl sites for hydroxylation is 1. The van der Waals surface area contributed by atoms with E-state index in [1.807, 2.05) is 35.1 Å². The van der Waals surface area contributed by atoms with Crippen LogP contribution >= 0.6 is 0 Å². The van der Waals surface area contributed by atoms with Gasteiger partial charge in [0, 0.05) is 0 Å². The highest BCUT2D eigenvalue weighted by Crippen LogP contribution is 2.23. The zero-order chi connectivity index (χ0) is 23.8. The summed E-state index contributed by atoms with van der Waals surface area (Å²) in [6, 6.07) is 24.3. The number of sulfonamides is 1. The number of carbonyl (C=O) groups is 1. The minimum absolute atomic E-state index is 0.114. The molecule has 0 aliphatic heterocycles. The molecule has 0 aliphatic carbocycles. The number of hydrogen-bond donors (Lipinski definition) is 2. The molecule has 3 N–H and O–H groups in total. The summed E-state index contributed by atoms with van der Waals surface area (Å²) >= 11 is 0. The van der Waals surface area contributed by atoms with Crippen LogP contribution in [-0.4, -0.2) is 26.1 Å². The molecule has 7 nitrogen and oxygen atoms in total. The van der Waals surface area contributed by atoms with Crippen LogP contribution in [0.1, 0.15) is 22.3 Å². The zero-order valence-corrected chi connectivity index (χ0v) is 18.5. The molecule has 0 spiro atoms. The van der Waals surface area contributed by atoms with Gasteiger partial charge in [-0.25, -0.2) is 8.42 Å². The molecule has 3 rings (SSSR count). The van der Waals surface area contributed by atoms with E-state index in [2.05, 4.69) is 6.07 Å². The predicted octanol–water partition coefficient (Wildman–Crippen LogP) is 2.66. The lowest BCUT2D eigenvalue weighted by molar-refractivity contribution is -0.120. The lowest BCUT2D eigenvalue weighted by Gasteiger charge is -2.13. The second kappa shape index (κ2) is 10.6. The summed E-state index contributed by atoms with van der Waals surface area (Å²) in [4.78, 5) is 12.3. The van der Waals surface area contributed by atoms with Gasteiger partial charge in [-0.2, -0.15) is 10.5 Å². The highest BCUT2D eigenvalue weighted by molar-refractivity contribution is 7.90. The Labute approximate surface area is 193 Å². The molecule has 0 unspecified atom stereocenters. The van der Waals surface area contributed by atoms with Gasteiger partial charge in [0.05, 0.1) is 35.1 Å². The van der Waals surface area contributed by atoms with Crippen molar-refractivity contribution in [1.29, 1.82) is 10.5 Å². The molecule has 8 heteroatoms. The third-order valence-corrected chi connectivity index (χ3v) is 6.33. The summed E-state index contributed by atoms with van der Waals surface area (Å²) < 4.78 is 26.8. The average molecular weight is 459 g/mol. The average Bonchev–Trinajstić information content (AvgIpc) is 2.83. The van der Waals surface area contributed by atoms with Crippen molar-refractivity contribution in [3.63, 3.8) is 0 Å². The van der Waals surface area contributed by atoms with Gasteiger partial charge in [0.15, 0.2) is 0 Å². The highest BCUT2D eigenvalue weighted by atomic mass is 32.2. The minimum Gasteiger partial charge on any atom is -0.320 e. The van der Waals surface area contributed by atoms with Crippen molar-refractivity contribution in [3.8, 4) is 23.3 Å². The van der Waals surface area contributed by atoms with E-state index in [-0.39, 0.29) is 18.6 Å². The van der Waals surface area contributed by atoms with Gasteiger partial charge in [0.2, 0.25) is 10.0 Å². The van der Waals surface area contributed by atoms with Crippen molar-refractivity contribution in [3.05, 3.63) is 95.1 Å². The molecule has 0 bridgehead atoms. The van der Waals surface area contributed by atoms with Crippen LogP contribution in [0.15, 0.2) is 72.8 Å². The van der Waals surface area contributed by atoms with Crippen molar-refractivity contribution in [1.82, 2.24) is 4.72 Å². The fourth-order valence-electron chi connectivity index (χ4n) is 3.33. The molecule has 0 radical (unpaired) electrons. The van der Waals surface area contributed by atoms with Gasteiger partial charge in [-0.3, -0.25) is 9.52 Å². The normalized spacial score (nSPS) is 11.7. The van der Waals surface area contributed by atoms with E-state index < -0.39 is 22.0 Å². The summed E-state index contributed by atoms with van der Waals surface area (Å²) in [5, 5.41) is 18.2. The first-order valence-electron chi connectivity index (χ1n) is 10.2. The van der Waals surface area contributed by atoms with Crippen molar-refractivity contribution in [2.45, 2.75) is 18.9 Å². The Morgan fingerprint density at radius 2 is 1.67 bits per heavy atom. The quantitative estimate of drug-likeness (QED) is 0.532. The standard InChI is InChI=1S/C25H22N4O3S/c26-16-20-5-3-4-19(14-20)15-24(28)25(30)29-33(31,32)13-12-18-8-10-21(11-9-18)23-7-2-1-6-22(23)17-27/h1-11,14,24H,12-13,15,28H2,(H,29,30)/t24-/m0/s1. The van der Waals surface area contributed by atoms with Crippen LogP contribution in [0.5, 0.6) is 0 Å². The zero-order valence-electron chi connectivity index (χ0n) is 17.7. The van der Waals surface area contributed by atoms with Crippen LogP contribution in [0, 0.1) is 22.7 Å². The topological polar surface area (TPSA) is 137 Å². The first-order chi connectivity index (χ1) is 15.8. The molecule has 0 saturated carbocycles. The smallest absolute Gasteiger partial charge is 0.250 e. The maximum absolute atomic E-state index is 12.4. The number of hydrogen-bond acceptors (Lipinski definition) is 6. The molecule has 0 aromatic heterocycles. The summed E-state index contributed by atoms with van der Waals surface area (Å²) in [5.74, 6) is -1.07. The Kier molecular flexibility index (Phi) is 7.57. The monoisotopic (exact) mass is 458 g/mol. The van der Waals surface area contributed by atoms with Crippen LogP contribution in [0.4, 0.5) is 0 Å². The number of amides is 1. The third-order valence-electron chi connectivity index (χ3n) is 5.08. The van der Waals surface area contributed by atoms with E-state index in [4.69, 9.17) is 11.0 Å². The number of nitrogens with one attached hydrogen (secondary N) is 1. The molecule has 0 aliphatic rings. The van der Waals surface area contributed by atoms with Crippen molar-refractivity contribution >= 4 is 15.9 Å². The molecule has 33 heavy (non-hydrogen) atoms. The largest absolute Gasteiger partial charge is 0.320 e. The number of carbonyl (C=O) groups excluding carboxylic acids is 1. The van der Waals surface area contributed by atoms with Crippen LogP contribution in [0.2, 0.25) is 0 Å². The van der Waals surface area contributed by atoms with Crippen LogP contribution in [-0.2, 0) is 27.7 Å². The molecular weight excluding hydrogens is 436 g/mol. The predicted molar refractivity (Wildman–Crippen MR) is 125 cm³/mol. The summed E-state index contributed by atoms with van der Waals surface area (Å²) in [6.45, 7) is 0. The van der Waals surface area contributed by atoms with Gasteiger partial charge in [-0.05, 0) is 53.3 Å². The van der Waals surface area contributed by atoms with Gasteiger partial charge >= 0.3 is 0 Å². The number of rotatable bonds is 8. The van der Waals surface area contributed by atoms with Crippen LogP contribution in [0.25, 0.3) is 11.1 Å². The summed E-state index contributed by atoms with van der Waals surface area (Å²) in [5.41, 5.74) is 9.99. The summed E-state index contributed by atoms with van der Waals surface area (Å²) in [6.07, 6.45) is 0.324. The first-order valence-corrected chi connectivity index (χ1v) is 11.8. The molecule has 166 valence electrons. The number of nitriles is 2. The minimum atomic E-state index is -3.88. The molecule has 3 aromatic carbocycles. The van der Waals surface area contributed by atoms with Gasteiger partial charge in [0.25, 0.3) is 5.91 Å². The van der Waals surface area contributed by atoms with E-state index in [0.29, 0.717) is 16.7 Å². The first kappa shape index (κ1) is 23.7. The SMILES string of the molecule is N#Cc1cccc(C[C@H](N)C(=O)NS(=O)(=O)CCc2ccc(-c3ccccc3C#N)cc2)c1. The Bertz CT molecular complexity index is 1340. The Hall–Kier alpha value is -3.98. The third kappa shape index (κ3) is 6.50. The Morgan fingerprint density at radius 3 is 2.36 bits per heavy atom. The lowest BCUT2D eigenvalue weighted by atomic mass is 9.99. The second-order valence-corrected chi connectivity index (χ2v) is 9.35. The summed E-state index contributed by atoms with van der Waals surface area (Å²) in [7, 11) is -3.88. The number of benzene rings is 3. The van der Waals surface area contributed by atoms with Crippen molar-refractivity contribution in [2.24, 2.45) is 5.73 Å². The molecule has 0 heterocycles. The van der Waals surface area contributed by atoms with E-state index in [1.165, 1.54) is 0 Å². The molecule has 1 atom stereocenters. The second-order valence-electron chi connectivity index (χ2n) is 7.51. The molecular formula is C25H22N4O3S. The van der Waals surface area contributed by atoms with Crippen molar-refractivity contribution < 1.29 is 13.2 Å². The molecule has 0 fully saturated rings. The van der Waals surface area contributed by atoms with Crippen LogP contribution < -0.4 is 10.5 Å². The van der Waals surface area contributed by atoms with E-state index in [0.717, 1.165) is 16.7 Å². The fraction of sp³-hybridized carbons (Fsp3) is 0.160. The highest BCUT2D eigenvalue weighted by Gasteiger charge is 2.21. The number of nitrogens with zero attached hydrogens (tertiary/aromatic N) is 2. The van der Waals surface area contributed by atoms with Crippen LogP contribution in [0.3, 0.4) is 0 Å². The molecule has 0 saturated heterocycles. The fourth-order valence-corrected chi connectivity index (χ4v) is 4.39. The van der Waals surface area contributed by atoms with E-state index in [9.17, 15) is 18.5 Å². The maximum atomic E-state index is 12.4. The van der Waals surface area contributed by atoms with E-state index >= 15 is 0 Å². The van der Waals surface area contributed by atoms with E-state index in [1.54, 1.807) is 48.5 Å². The van der Waals surface area contributed by atoms with Gasteiger partial charge in [-0.15, -0.1) is 0 Å².